The predicted octanol–water partition coefficient (Wildman–Crippen LogP) is 2.25. The fraction of sp³-hybridized carbons (Fsp3) is 0.538. The van der Waals surface area contributed by atoms with Crippen molar-refractivity contribution in [3.63, 3.8) is 0 Å². The third kappa shape index (κ3) is 4.72. The summed E-state index contributed by atoms with van der Waals surface area (Å²) in [7, 11) is 3.28. The topological polar surface area (TPSA) is 70.5 Å². The fourth-order valence-electron chi connectivity index (χ4n) is 1.79. The number of nitrogens with two attached hydrogens (primary N) is 2. The number of unbranched alkanes of at least 4 members (excludes halogenated alkanes) is 1. The zero-order valence-electron chi connectivity index (χ0n) is 11.0. The molecule has 4 N–H and O–H groups in total. The van der Waals surface area contributed by atoms with Crippen LogP contribution in [0.3, 0.4) is 0 Å². The van der Waals surface area contributed by atoms with E-state index in [0.717, 1.165) is 36.3 Å². The van der Waals surface area contributed by atoms with E-state index in [2.05, 4.69) is 0 Å². The normalized spacial score (nSPS) is 11.6. The van der Waals surface area contributed by atoms with Crippen LogP contribution in [0, 0.1) is 0 Å². The van der Waals surface area contributed by atoms with Crippen LogP contribution in [0.1, 0.15) is 30.9 Å². The molecule has 0 unspecified atom stereocenters. The maximum absolute atomic E-state index is 6.14. The Hall–Kier alpha value is -0.970. The minimum absolute atomic E-state index is 0. The predicted molar refractivity (Wildman–Crippen MR) is 76.6 cm³/mol. The maximum atomic E-state index is 6.14. The monoisotopic (exact) mass is 274 g/mol. The first-order valence-corrected chi connectivity index (χ1v) is 5.90. The molecule has 0 fully saturated rings. The molecule has 18 heavy (non-hydrogen) atoms. The molecule has 0 radical (unpaired) electrons. The Morgan fingerprint density at radius 2 is 1.89 bits per heavy atom. The van der Waals surface area contributed by atoms with E-state index in [-0.39, 0.29) is 18.4 Å². The van der Waals surface area contributed by atoms with Crippen molar-refractivity contribution in [2.75, 3.05) is 20.8 Å². The van der Waals surface area contributed by atoms with E-state index in [1.807, 2.05) is 18.2 Å². The molecule has 1 atom stereocenters. The van der Waals surface area contributed by atoms with Crippen molar-refractivity contribution in [1.29, 1.82) is 0 Å². The number of hydrogen-bond donors (Lipinski definition) is 2. The molecule has 0 saturated carbocycles. The van der Waals surface area contributed by atoms with Crippen LogP contribution in [-0.4, -0.2) is 20.8 Å². The summed E-state index contributed by atoms with van der Waals surface area (Å²) in [4.78, 5) is 0. The number of halogens is 1. The van der Waals surface area contributed by atoms with Gasteiger partial charge in [0.2, 0.25) is 0 Å². The summed E-state index contributed by atoms with van der Waals surface area (Å²) in [5, 5.41) is 0. The molecule has 1 rings (SSSR count). The van der Waals surface area contributed by atoms with Crippen LogP contribution >= 0.6 is 12.4 Å². The molecule has 104 valence electrons. The van der Waals surface area contributed by atoms with Crippen LogP contribution in [0.15, 0.2) is 18.2 Å². The van der Waals surface area contributed by atoms with Crippen molar-refractivity contribution >= 4 is 12.4 Å². The zero-order valence-corrected chi connectivity index (χ0v) is 11.8. The van der Waals surface area contributed by atoms with Crippen molar-refractivity contribution in [2.45, 2.75) is 25.3 Å². The number of rotatable bonds is 7. The van der Waals surface area contributed by atoms with E-state index in [0.29, 0.717) is 6.54 Å². The van der Waals surface area contributed by atoms with Gasteiger partial charge in [0, 0.05) is 17.7 Å². The lowest BCUT2D eigenvalue weighted by Crippen LogP contribution is -2.12. The van der Waals surface area contributed by atoms with Crippen molar-refractivity contribution in [3.8, 4) is 11.5 Å². The van der Waals surface area contributed by atoms with Crippen molar-refractivity contribution < 1.29 is 9.47 Å². The van der Waals surface area contributed by atoms with Gasteiger partial charge < -0.3 is 20.9 Å². The van der Waals surface area contributed by atoms with Crippen LogP contribution in [0.5, 0.6) is 11.5 Å². The van der Waals surface area contributed by atoms with Crippen molar-refractivity contribution in [2.24, 2.45) is 11.5 Å². The number of hydrogen-bond acceptors (Lipinski definition) is 4. The largest absolute Gasteiger partial charge is 0.497 e. The van der Waals surface area contributed by atoms with Gasteiger partial charge in [0.15, 0.2) is 0 Å². The highest BCUT2D eigenvalue weighted by molar-refractivity contribution is 5.85. The van der Waals surface area contributed by atoms with Gasteiger partial charge in [-0.05, 0) is 25.5 Å². The first-order chi connectivity index (χ1) is 8.22. The number of benzene rings is 1. The molecule has 0 amide bonds. The Morgan fingerprint density at radius 3 is 2.44 bits per heavy atom. The Bertz CT molecular complexity index is 348. The van der Waals surface area contributed by atoms with Gasteiger partial charge in [-0.25, -0.2) is 0 Å². The first-order valence-electron chi connectivity index (χ1n) is 5.90. The van der Waals surface area contributed by atoms with Crippen LogP contribution in [0.2, 0.25) is 0 Å². The molecule has 0 aromatic heterocycles. The van der Waals surface area contributed by atoms with Crippen LogP contribution in [-0.2, 0) is 0 Å². The summed E-state index contributed by atoms with van der Waals surface area (Å²) in [6.07, 6.45) is 2.96. The van der Waals surface area contributed by atoms with E-state index >= 15 is 0 Å². The van der Waals surface area contributed by atoms with E-state index < -0.39 is 0 Å². The molecule has 0 spiro atoms. The zero-order chi connectivity index (χ0) is 12.7. The van der Waals surface area contributed by atoms with Gasteiger partial charge in [-0.15, -0.1) is 12.4 Å². The Labute approximate surface area is 115 Å². The average Bonchev–Trinajstić information content (AvgIpc) is 2.38. The minimum atomic E-state index is -0.0117. The Morgan fingerprint density at radius 1 is 1.17 bits per heavy atom. The summed E-state index contributed by atoms with van der Waals surface area (Å²) >= 11 is 0. The van der Waals surface area contributed by atoms with Gasteiger partial charge in [0.25, 0.3) is 0 Å². The van der Waals surface area contributed by atoms with E-state index in [1.54, 1.807) is 14.2 Å². The second-order valence-electron chi connectivity index (χ2n) is 4.00. The lowest BCUT2D eigenvalue weighted by molar-refractivity contribution is 0.387. The molecule has 0 bridgehead atoms. The Kier molecular flexibility index (Phi) is 8.54. The molecule has 0 aliphatic carbocycles. The van der Waals surface area contributed by atoms with Crippen LogP contribution in [0.4, 0.5) is 0 Å². The SMILES string of the molecule is COc1ccc([C@H](N)CCCCN)c(OC)c1.Cl. The molecule has 1 aromatic rings. The van der Waals surface area contributed by atoms with E-state index in [1.165, 1.54) is 0 Å². The molecular formula is C13H23ClN2O2. The highest BCUT2D eigenvalue weighted by atomic mass is 35.5. The van der Waals surface area contributed by atoms with Gasteiger partial charge in [0.05, 0.1) is 14.2 Å². The van der Waals surface area contributed by atoms with Crippen LogP contribution in [0.25, 0.3) is 0 Å². The van der Waals surface area contributed by atoms with Crippen LogP contribution < -0.4 is 20.9 Å². The molecule has 1 aromatic carbocycles. The smallest absolute Gasteiger partial charge is 0.127 e. The second-order valence-corrected chi connectivity index (χ2v) is 4.00. The van der Waals surface area contributed by atoms with Gasteiger partial charge in [0.1, 0.15) is 11.5 Å². The number of ether oxygens (including phenoxy) is 2. The average molecular weight is 275 g/mol. The molecule has 0 heterocycles. The lowest BCUT2D eigenvalue weighted by Gasteiger charge is -2.16. The molecule has 0 saturated heterocycles. The highest BCUT2D eigenvalue weighted by Crippen LogP contribution is 2.30. The minimum Gasteiger partial charge on any atom is -0.497 e. The van der Waals surface area contributed by atoms with Gasteiger partial charge in [-0.3, -0.25) is 0 Å². The summed E-state index contributed by atoms with van der Waals surface area (Å²) < 4.78 is 10.5. The van der Waals surface area contributed by atoms with Gasteiger partial charge in [-0.1, -0.05) is 12.5 Å². The maximum Gasteiger partial charge on any atom is 0.127 e. The molecule has 5 heteroatoms. The quantitative estimate of drug-likeness (QED) is 0.748. The summed E-state index contributed by atoms with van der Waals surface area (Å²) in [5.41, 5.74) is 12.6. The third-order valence-corrected chi connectivity index (χ3v) is 2.81. The Balaban J connectivity index is 0.00000289. The number of methoxy groups -OCH3 is 2. The van der Waals surface area contributed by atoms with Crippen molar-refractivity contribution in [3.05, 3.63) is 23.8 Å². The molecule has 4 nitrogen and oxygen atoms in total. The summed E-state index contributed by atoms with van der Waals surface area (Å²) in [5.74, 6) is 1.56. The fourth-order valence-corrected chi connectivity index (χ4v) is 1.79. The standard InChI is InChI=1S/C13H22N2O2.ClH/c1-16-10-6-7-11(13(9-10)17-2)12(15)5-3-4-8-14;/h6-7,9,12H,3-5,8,14-15H2,1-2H3;1H/t12-;/m1./s1. The lowest BCUT2D eigenvalue weighted by atomic mass is 10.0. The highest BCUT2D eigenvalue weighted by Gasteiger charge is 2.12. The molecular weight excluding hydrogens is 252 g/mol. The summed E-state index contributed by atoms with van der Waals surface area (Å²) in [6.45, 7) is 0.715. The summed E-state index contributed by atoms with van der Waals surface area (Å²) in [6, 6.07) is 5.71. The van der Waals surface area contributed by atoms with Gasteiger partial charge in [-0.2, -0.15) is 0 Å². The first kappa shape index (κ1) is 17.0. The van der Waals surface area contributed by atoms with E-state index in [4.69, 9.17) is 20.9 Å². The second kappa shape index (κ2) is 9.03. The van der Waals surface area contributed by atoms with Crippen molar-refractivity contribution in [1.82, 2.24) is 0 Å². The third-order valence-electron chi connectivity index (χ3n) is 2.81. The molecule has 0 aliphatic heterocycles. The van der Waals surface area contributed by atoms with Gasteiger partial charge >= 0.3 is 0 Å². The molecule has 0 aliphatic rings. The van der Waals surface area contributed by atoms with E-state index in [9.17, 15) is 0 Å².